The van der Waals surface area contributed by atoms with Crippen molar-refractivity contribution in [3.05, 3.63) is 54.1 Å². The maximum atomic E-state index is 11.1. The molecule has 0 aliphatic carbocycles. The molecule has 5 nitrogen and oxygen atoms in total. The van der Waals surface area contributed by atoms with Gasteiger partial charge in [0.25, 0.3) is 10.2 Å². The van der Waals surface area contributed by atoms with E-state index in [4.69, 9.17) is 5.14 Å². The minimum Gasteiger partial charge on any atom is -0.270 e. The van der Waals surface area contributed by atoms with Crippen LogP contribution in [0.25, 0.3) is 11.1 Å². The van der Waals surface area contributed by atoms with Crippen LogP contribution in [0.2, 0.25) is 0 Å². The standard InChI is InChI=1S/C13H11N3O2S/c14-9-12-11(10-5-2-1-3-6-10)7-4-8-13(12)16-19(15,17)18/h1-8,16H,(H2,15,17,18). The van der Waals surface area contributed by atoms with Crippen molar-refractivity contribution in [2.45, 2.75) is 0 Å². The highest BCUT2D eigenvalue weighted by Crippen LogP contribution is 2.28. The highest BCUT2D eigenvalue weighted by molar-refractivity contribution is 7.90. The molecular formula is C13H11N3O2S. The van der Waals surface area contributed by atoms with Gasteiger partial charge in [-0.3, -0.25) is 4.72 Å². The van der Waals surface area contributed by atoms with Gasteiger partial charge in [0.05, 0.1) is 11.3 Å². The Morgan fingerprint density at radius 3 is 2.32 bits per heavy atom. The van der Waals surface area contributed by atoms with Gasteiger partial charge < -0.3 is 0 Å². The van der Waals surface area contributed by atoms with Crippen LogP contribution in [0, 0.1) is 11.3 Å². The fourth-order valence-electron chi connectivity index (χ4n) is 1.77. The van der Waals surface area contributed by atoms with E-state index in [2.05, 4.69) is 4.72 Å². The van der Waals surface area contributed by atoms with Gasteiger partial charge in [-0.2, -0.15) is 13.7 Å². The van der Waals surface area contributed by atoms with Crippen molar-refractivity contribution >= 4 is 15.9 Å². The third-order valence-corrected chi connectivity index (χ3v) is 3.02. The Balaban J connectivity index is 2.59. The van der Waals surface area contributed by atoms with Crippen LogP contribution in [0.4, 0.5) is 5.69 Å². The molecule has 0 aromatic heterocycles. The van der Waals surface area contributed by atoms with Gasteiger partial charge in [-0.25, -0.2) is 5.14 Å². The normalized spacial score (nSPS) is 10.7. The van der Waals surface area contributed by atoms with E-state index in [9.17, 15) is 13.7 Å². The number of hydrogen-bond acceptors (Lipinski definition) is 3. The molecule has 0 spiro atoms. The second-order valence-corrected chi connectivity index (χ2v) is 5.15. The summed E-state index contributed by atoms with van der Waals surface area (Å²) in [6.07, 6.45) is 0. The van der Waals surface area contributed by atoms with Crippen molar-refractivity contribution in [3.8, 4) is 17.2 Å². The number of nitrogens with zero attached hydrogens (tertiary/aromatic N) is 1. The lowest BCUT2D eigenvalue weighted by Gasteiger charge is -2.10. The van der Waals surface area contributed by atoms with Gasteiger partial charge in [-0.05, 0) is 11.6 Å². The first-order chi connectivity index (χ1) is 9.01. The molecule has 96 valence electrons. The average Bonchev–Trinajstić information content (AvgIpc) is 2.37. The molecule has 0 fully saturated rings. The molecule has 0 heterocycles. The van der Waals surface area contributed by atoms with Crippen molar-refractivity contribution < 1.29 is 8.42 Å². The molecule has 0 unspecified atom stereocenters. The molecule has 0 aliphatic heterocycles. The Bertz CT molecular complexity index is 734. The summed E-state index contributed by atoms with van der Waals surface area (Å²) in [4.78, 5) is 0. The summed E-state index contributed by atoms with van der Waals surface area (Å²) >= 11 is 0. The fourth-order valence-corrected chi connectivity index (χ4v) is 2.25. The molecular weight excluding hydrogens is 262 g/mol. The number of rotatable bonds is 3. The monoisotopic (exact) mass is 273 g/mol. The van der Waals surface area contributed by atoms with E-state index in [1.807, 2.05) is 36.4 Å². The molecule has 2 aromatic rings. The molecule has 2 aromatic carbocycles. The fraction of sp³-hybridized carbons (Fsp3) is 0. The van der Waals surface area contributed by atoms with E-state index in [1.165, 1.54) is 6.07 Å². The van der Waals surface area contributed by atoms with Crippen LogP contribution in [0.1, 0.15) is 5.56 Å². The summed E-state index contributed by atoms with van der Waals surface area (Å²) < 4.78 is 24.3. The topological polar surface area (TPSA) is 96.0 Å². The third-order valence-electron chi connectivity index (χ3n) is 2.51. The number of hydrogen-bond donors (Lipinski definition) is 2. The summed E-state index contributed by atoms with van der Waals surface area (Å²) in [5.74, 6) is 0. The second-order valence-electron chi connectivity index (χ2n) is 3.85. The van der Waals surface area contributed by atoms with Gasteiger partial charge in [0.2, 0.25) is 0 Å². The van der Waals surface area contributed by atoms with Crippen molar-refractivity contribution in [1.29, 1.82) is 5.26 Å². The molecule has 19 heavy (non-hydrogen) atoms. The molecule has 0 bridgehead atoms. The van der Waals surface area contributed by atoms with Crippen molar-refractivity contribution in [1.82, 2.24) is 0 Å². The summed E-state index contributed by atoms with van der Waals surface area (Å²) in [6.45, 7) is 0. The third kappa shape index (κ3) is 3.10. The van der Waals surface area contributed by atoms with Crippen LogP contribution >= 0.6 is 0 Å². The minimum absolute atomic E-state index is 0.173. The van der Waals surface area contributed by atoms with Crippen LogP contribution in [0.15, 0.2) is 48.5 Å². The molecule has 0 saturated heterocycles. The zero-order valence-corrected chi connectivity index (χ0v) is 10.7. The lowest BCUT2D eigenvalue weighted by Crippen LogP contribution is -2.22. The van der Waals surface area contributed by atoms with Crippen LogP contribution in [-0.4, -0.2) is 8.42 Å². The number of nitrogens with one attached hydrogen (secondary N) is 1. The summed E-state index contributed by atoms with van der Waals surface area (Å²) in [6, 6.07) is 16.2. The Labute approximate surface area is 111 Å². The second kappa shape index (κ2) is 5.10. The van der Waals surface area contributed by atoms with E-state index in [0.29, 0.717) is 5.56 Å². The molecule has 2 rings (SSSR count). The van der Waals surface area contributed by atoms with E-state index >= 15 is 0 Å². The summed E-state index contributed by atoms with van der Waals surface area (Å²) in [7, 11) is -3.91. The van der Waals surface area contributed by atoms with Gasteiger partial charge in [0, 0.05) is 5.56 Å². The zero-order chi connectivity index (χ0) is 13.9. The lowest BCUT2D eigenvalue weighted by atomic mass is 9.99. The Kier molecular flexibility index (Phi) is 3.51. The zero-order valence-electron chi connectivity index (χ0n) is 9.87. The van der Waals surface area contributed by atoms with Gasteiger partial charge in [-0.15, -0.1) is 0 Å². The summed E-state index contributed by atoms with van der Waals surface area (Å²) in [5.41, 5.74) is 1.89. The van der Waals surface area contributed by atoms with E-state index in [-0.39, 0.29) is 11.3 Å². The van der Waals surface area contributed by atoms with Gasteiger partial charge >= 0.3 is 0 Å². The largest absolute Gasteiger partial charge is 0.296 e. The maximum absolute atomic E-state index is 11.1. The highest BCUT2D eigenvalue weighted by atomic mass is 32.2. The Hall–Kier alpha value is -2.36. The van der Waals surface area contributed by atoms with Gasteiger partial charge in [0.15, 0.2) is 0 Å². The van der Waals surface area contributed by atoms with Gasteiger partial charge in [0.1, 0.15) is 6.07 Å². The highest BCUT2D eigenvalue weighted by Gasteiger charge is 2.12. The SMILES string of the molecule is N#Cc1c(NS(N)(=O)=O)cccc1-c1ccccc1. The van der Waals surface area contributed by atoms with Crippen molar-refractivity contribution in [2.75, 3.05) is 4.72 Å². The van der Waals surface area contributed by atoms with E-state index in [1.54, 1.807) is 12.1 Å². The first-order valence-electron chi connectivity index (χ1n) is 5.40. The van der Waals surface area contributed by atoms with Crippen molar-refractivity contribution in [2.24, 2.45) is 5.14 Å². The number of nitriles is 1. The first-order valence-corrected chi connectivity index (χ1v) is 6.95. The lowest BCUT2D eigenvalue weighted by molar-refractivity contribution is 0.603. The predicted molar refractivity (Wildman–Crippen MR) is 73.3 cm³/mol. The molecule has 6 heteroatoms. The van der Waals surface area contributed by atoms with Crippen LogP contribution in [0.5, 0.6) is 0 Å². The molecule has 0 radical (unpaired) electrons. The minimum atomic E-state index is -3.91. The molecule has 0 aliphatic rings. The predicted octanol–water partition coefficient (Wildman–Crippen LogP) is 1.84. The number of anilines is 1. The Morgan fingerprint density at radius 2 is 1.74 bits per heavy atom. The van der Waals surface area contributed by atoms with Gasteiger partial charge in [-0.1, -0.05) is 42.5 Å². The van der Waals surface area contributed by atoms with E-state index < -0.39 is 10.2 Å². The van der Waals surface area contributed by atoms with Crippen LogP contribution in [-0.2, 0) is 10.2 Å². The first kappa shape index (κ1) is 13.1. The maximum Gasteiger partial charge on any atom is 0.296 e. The average molecular weight is 273 g/mol. The van der Waals surface area contributed by atoms with Crippen LogP contribution < -0.4 is 9.86 Å². The number of benzene rings is 2. The molecule has 0 atom stereocenters. The van der Waals surface area contributed by atoms with Crippen molar-refractivity contribution in [3.63, 3.8) is 0 Å². The Morgan fingerprint density at radius 1 is 1.05 bits per heavy atom. The quantitative estimate of drug-likeness (QED) is 0.893. The number of nitrogens with two attached hydrogens (primary N) is 1. The van der Waals surface area contributed by atoms with E-state index in [0.717, 1.165) is 5.56 Å². The molecule has 3 N–H and O–H groups in total. The smallest absolute Gasteiger partial charge is 0.270 e. The molecule has 0 amide bonds. The van der Waals surface area contributed by atoms with Crippen LogP contribution in [0.3, 0.4) is 0 Å². The summed E-state index contributed by atoms with van der Waals surface area (Å²) in [5, 5.41) is 14.2. The molecule has 0 saturated carbocycles.